The Morgan fingerprint density at radius 2 is 1.74 bits per heavy atom. The molecular formula is C19H29NO3. The molecule has 0 aliphatic rings. The summed E-state index contributed by atoms with van der Waals surface area (Å²) in [5.41, 5.74) is 0.900. The highest BCUT2D eigenvalue weighted by Gasteiger charge is 2.03. The molecule has 0 unspecified atom stereocenters. The number of carbonyl (C=O) groups is 1. The predicted molar refractivity (Wildman–Crippen MR) is 95.0 cm³/mol. The summed E-state index contributed by atoms with van der Waals surface area (Å²) in [7, 11) is 3.20. The van der Waals surface area contributed by atoms with Crippen LogP contribution in [0.1, 0.15) is 51.0 Å². The Bertz CT molecular complexity index is 497. The molecule has 0 saturated carbocycles. The molecule has 128 valence electrons. The number of rotatable bonds is 11. The van der Waals surface area contributed by atoms with Gasteiger partial charge in [0.2, 0.25) is 5.91 Å². The van der Waals surface area contributed by atoms with Crippen LogP contribution in [0.5, 0.6) is 11.5 Å². The minimum absolute atomic E-state index is 0.0617. The molecule has 0 atom stereocenters. The van der Waals surface area contributed by atoms with Crippen molar-refractivity contribution < 1.29 is 14.3 Å². The molecule has 1 aromatic rings. The first kappa shape index (κ1) is 19.1. The number of methoxy groups -OCH3 is 2. The van der Waals surface area contributed by atoms with Crippen molar-refractivity contribution in [2.45, 2.75) is 45.4 Å². The molecule has 4 nitrogen and oxygen atoms in total. The van der Waals surface area contributed by atoms with Crippen molar-refractivity contribution in [3.05, 3.63) is 29.8 Å². The average molecular weight is 319 g/mol. The van der Waals surface area contributed by atoms with E-state index in [4.69, 9.17) is 9.47 Å². The first-order valence-corrected chi connectivity index (χ1v) is 8.39. The lowest BCUT2D eigenvalue weighted by Gasteiger charge is -2.07. The van der Waals surface area contributed by atoms with Crippen LogP contribution < -0.4 is 14.8 Å². The van der Waals surface area contributed by atoms with E-state index in [0.717, 1.165) is 18.5 Å². The van der Waals surface area contributed by atoms with E-state index in [0.29, 0.717) is 11.5 Å². The molecule has 0 radical (unpaired) electrons. The predicted octanol–water partition coefficient (Wildman–Crippen LogP) is 4.19. The molecule has 0 aliphatic carbocycles. The number of unbranched alkanes of at least 4 members (excludes halogenated alkanes) is 5. The van der Waals surface area contributed by atoms with Gasteiger partial charge in [0.05, 0.1) is 14.2 Å². The minimum Gasteiger partial charge on any atom is -0.493 e. The Hall–Kier alpha value is -1.97. The Balaban J connectivity index is 2.32. The van der Waals surface area contributed by atoms with E-state index in [9.17, 15) is 4.79 Å². The normalized spacial score (nSPS) is 10.7. The molecule has 0 spiro atoms. The van der Waals surface area contributed by atoms with Crippen LogP contribution in [0.2, 0.25) is 0 Å². The lowest BCUT2D eigenvalue weighted by molar-refractivity contribution is -0.116. The Morgan fingerprint density at radius 3 is 2.43 bits per heavy atom. The molecule has 4 heteroatoms. The van der Waals surface area contributed by atoms with Crippen LogP contribution >= 0.6 is 0 Å². The number of hydrogen-bond donors (Lipinski definition) is 1. The van der Waals surface area contributed by atoms with Gasteiger partial charge in [0.1, 0.15) is 0 Å². The number of ether oxygens (including phenoxy) is 2. The van der Waals surface area contributed by atoms with Crippen LogP contribution in [0.4, 0.5) is 0 Å². The maximum absolute atomic E-state index is 11.8. The van der Waals surface area contributed by atoms with E-state index in [1.165, 1.54) is 32.1 Å². The minimum atomic E-state index is -0.0617. The van der Waals surface area contributed by atoms with Crippen LogP contribution in [-0.2, 0) is 4.79 Å². The molecule has 0 aromatic heterocycles. The van der Waals surface area contributed by atoms with Crippen molar-refractivity contribution in [1.82, 2.24) is 5.32 Å². The van der Waals surface area contributed by atoms with E-state index in [1.54, 1.807) is 26.4 Å². The molecule has 1 rings (SSSR count). The first-order valence-electron chi connectivity index (χ1n) is 8.39. The number of amides is 1. The third-order valence-corrected chi connectivity index (χ3v) is 3.66. The van der Waals surface area contributed by atoms with Crippen molar-refractivity contribution in [3.63, 3.8) is 0 Å². The highest BCUT2D eigenvalue weighted by molar-refractivity contribution is 5.91. The van der Waals surface area contributed by atoms with E-state index in [2.05, 4.69) is 12.2 Å². The van der Waals surface area contributed by atoms with Gasteiger partial charge in [-0.15, -0.1) is 0 Å². The van der Waals surface area contributed by atoms with Crippen molar-refractivity contribution >= 4 is 12.0 Å². The lowest BCUT2D eigenvalue weighted by atomic mass is 10.1. The summed E-state index contributed by atoms with van der Waals surface area (Å²) >= 11 is 0. The number of carbonyl (C=O) groups excluding carboxylic acids is 1. The monoisotopic (exact) mass is 319 g/mol. The molecule has 1 N–H and O–H groups in total. The molecule has 0 fully saturated rings. The molecule has 23 heavy (non-hydrogen) atoms. The van der Waals surface area contributed by atoms with E-state index in [-0.39, 0.29) is 5.91 Å². The van der Waals surface area contributed by atoms with Crippen molar-refractivity contribution in [1.29, 1.82) is 0 Å². The van der Waals surface area contributed by atoms with Gasteiger partial charge in [-0.05, 0) is 30.2 Å². The fraction of sp³-hybridized carbons (Fsp3) is 0.526. The summed E-state index contributed by atoms with van der Waals surface area (Å²) in [5, 5.41) is 2.91. The van der Waals surface area contributed by atoms with Crippen LogP contribution in [0.25, 0.3) is 6.08 Å². The van der Waals surface area contributed by atoms with Gasteiger partial charge in [-0.1, -0.05) is 45.1 Å². The molecule has 0 bridgehead atoms. The van der Waals surface area contributed by atoms with E-state index < -0.39 is 0 Å². The van der Waals surface area contributed by atoms with Crippen molar-refractivity contribution in [2.24, 2.45) is 0 Å². The quantitative estimate of drug-likeness (QED) is 0.491. The second-order valence-electron chi connectivity index (χ2n) is 5.51. The Kier molecular flexibility index (Phi) is 9.60. The fourth-order valence-corrected chi connectivity index (χ4v) is 2.30. The first-order chi connectivity index (χ1) is 11.2. The van der Waals surface area contributed by atoms with Gasteiger partial charge in [-0.3, -0.25) is 4.79 Å². The zero-order valence-electron chi connectivity index (χ0n) is 14.6. The van der Waals surface area contributed by atoms with Crippen molar-refractivity contribution in [2.75, 3.05) is 20.8 Å². The van der Waals surface area contributed by atoms with Gasteiger partial charge in [-0.2, -0.15) is 0 Å². The van der Waals surface area contributed by atoms with Gasteiger partial charge < -0.3 is 14.8 Å². The van der Waals surface area contributed by atoms with Gasteiger partial charge >= 0.3 is 0 Å². The van der Waals surface area contributed by atoms with Gasteiger partial charge in [0, 0.05) is 12.6 Å². The lowest BCUT2D eigenvalue weighted by Crippen LogP contribution is -2.21. The van der Waals surface area contributed by atoms with Crippen molar-refractivity contribution in [3.8, 4) is 11.5 Å². The summed E-state index contributed by atoms with van der Waals surface area (Å²) in [6.45, 7) is 2.95. The van der Waals surface area contributed by atoms with E-state index in [1.807, 2.05) is 18.2 Å². The fourth-order valence-electron chi connectivity index (χ4n) is 2.30. The second-order valence-corrected chi connectivity index (χ2v) is 5.51. The second kappa shape index (κ2) is 11.6. The third kappa shape index (κ3) is 7.73. The average Bonchev–Trinajstić information content (AvgIpc) is 2.58. The molecule has 1 amide bonds. The number of nitrogens with one attached hydrogen (secondary N) is 1. The smallest absolute Gasteiger partial charge is 0.243 e. The van der Waals surface area contributed by atoms with E-state index >= 15 is 0 Å². The maximum atomic E-state index is 11.8. The molecule has 0 aliphatic heterocycles. The zero-order valence-corrected chi connectivity index (χ0v) is 14.6. The largest absolute Gasteiger partial charge is 0.493 e. The molecule has 0 heterocycles. The van der Waals surface area contributed by atoms with Gasteiger partial charge in [0.15, 0.2) is 11.5 Å². The number of hydrogen-bond acceptors (Lipinski definition) is 3. The summed E-state index contributed by atoms with van der Waals surface area (Å²) in [6.07, 6.45) is 10.7. The molecular weight excluding hydrogens is 290 g/mol. The highest BCUT2D eigenvalue weighted by atomic mass is 16.5. The SMILES string of the molecule is CCCCCCCCNC(=O)C=Cc1ccc(OC)c(OC)c1. The molecule has 1 aromatic carbocycles. The zero-order chi connectivity index (χ0) is 16.9. The Morgan fingerprint density at radius 1 is 1.04 bits per heavy atom. The van der Waals surface area contributed by atoms with Gasteiger partial charge in [-0.25, -0.2) is 0 Å². The highest BCUT2D eigenvalue weighted by Crippen LogP contribution is 2.27. The summed E-state index contributed by atoms with van der Waals surface area (Å²) in [6, 6.07) is 5.56. The summed E-state index contributed by atoms with van der Waals surface area (Å²) < 4.78 is 10.4. The van der Waals surface area contributed by atoms with Crippen LogP contribution in [0, 0.1) is 0 Å². The summed E-state index contributed by atoms with van der Waals surface area (Å²) in [4.78, 5) is 11.8. The topological polar surface area (TPSA) is 47.6 Å². The van der Waals surface area contributed by atoms with Gasteiger partial charge in [0.25, 0.3) is 0 Å². The van der Waals surface area contributed by atoms with Crippen LogP contribution in [0.3, 0.4) is 0 Å². The summed E-state index contributed by atoms with van der Waals surface area (Å²) in [5.74, 6) is 1.27. The van der Waals surface area contributed by atoms with Crippen LogP contribution in [-0.4, -0.2) is 26.7 Å². The third-order valence-electron chi connectivity index (χ3n) is 3.66. The Labute approximate surface area is 139 Å². The standard InChI is InChI=1S/C19H29NO3/c1-4-5-6-7-8-9-14-20-19(21)13-11-16-10-12-17(22-2)18(15-16)23-3/h10-13,15H,4-9,14H2,1-3H3,(H,20,21). The molecule has 0 saturated heterocycles. The maximum Gasteiger partial charge on any atom is 0.243 e. The van der Waals surface area contributed by atoms with Crippen LogP contribution in [0.15, 0.2) is 24.3 Å². The number of benzene rings is 1.